The van der Waals surface area contributed by atoms with Gasteiger partial charge in [0.15, 0.2) is 0 Å². The summed E-state index contributed by atoms with van der Waals surface area (Å²) in [5, 5.41) is 14.2. The van der Waals surface area contributed by atoms with Gasteiger partial charge in [0.1, 0.15) is 5.50 Å². The van der Waals surface area contributed by atoms with Gasteiger partial charge in [0, 0.05) is 11.9 Å². The summed E-state index contributed by atoms with van der Waals surface area (Å²) in [6.07, 6.45) is 2.43. The fraction of sp³-hybridized carbons (Fsp3) is 0.500. The van der Waals surface area contributed by atoms with E-state index in [0.29, 0.717) is 6.42 Å². The Morgan fingerprint density at radius 2 is 2.55 bits per heavy atom. The molecule has 0 aliphatic carbocycles. The highest BCUT2D eigenvalue weighted by Gasteiger charge is 2.10. The van der Waals surface area contributed by atoms with E-state index in [1.807, 2.05) is 0 Å². The molecule has 0 aromatic carbocycles. The van der Waals surface area contributed by atoms with E-state index in [1.165, 1.54) is 0 Å². The summed E-state index contributed by atoms with van der Waals surface area (Å²) in [4.78, 5) is 10.1. The van der Waals surface area contributed by atoms with Crippen molar-refractivity contribution in [2.75, 3.05) is 0 Å². The van der Waals surface area contributed by atoms with Gasteiger partial charge in [-0.05, 0) is 6.42 Å². The number of carbonyl (C=O) groups is 1. The molecule has 1 heterocycles. The summed E-state index contributed by atoms with van der Waals surface area (Å²) < 4.78 is 0. The molecular formula is C6H10N2O2S. The highest BCUT2D eigenvalue weighted by molar-refractivity contribution is 7.80. The molecule has 1 rings (SSSR count). The number of thiol groups is 1. The number of carboxylic acids is 1. The van der Waals surface area contributed by atoms with Crippen molar-refractivity contribution in [2.45, 2.75) is 18.3 Å². The van der Waals surface area contributed by atoms with E-state index in [4.69, 9.17) is 5.11 Å². The molecule has 0 aromatic heterocycles. The van der Waals surface area contributed by atoms with Gasteiger partial charge < -0.3 is 15.7 Å². The van der Waals surface area contributed by atoms with Gasteiger partial charge >= 0.3 is 5.97 Å². The third-order valence-corrected chi connectivity index (χ3v) is 1.62. The maximum atomic E-state index is 10.1. The smallest absolute Gasteiger partial charge is 0.303 e. The Bertz CT molecular complexity index is 193. The van der Waals surface area contributed by atoms with Gasteiger partial charge in [-0.1, -0.05) is 0 Å². The van der Waals surface area contributed by atoms with Gasteiger partial charge in [-0.2, -0.15) is 0 Å². The number of carboxylic acid groups (broad SMARTS) is 1. The van der Waals surface area contributed by atoms with Crippen LogP contribution in [0.15, 0.2) is 11.9 Å². The molecule has 1 aliphatic heterocycles. The summed E-state index contributed by atoms with van der Waals surface area (Å²) in [5.41, 5.74) is 0.825. The van der Waals surface area contributed by atoms with Crippen molar-refractivity contribution >= 4 is 18.6 Å². The van der Waals surface area contributed by atoms with Crippen LogP contribution in [0.2, 0.25) is 0 Å². The van der Waals surface area contributed by atoms with Gasteiger partial charge in [-0.25, -0.2) is 0 Å². The SMILES string of the molecule is O=C(O)CCC1=CN[C@H](S)N1. The Morgan fingerprint density at radius 1 is 1.82 bits per heavy atom. The lowest BCUT2D eigenvalue weighted by atomic mass is 10.2. The minimum atomic E-state index is -0.782. The summed E-state index contributed by atoms with van der Waals surface area (Å²) in [6, 6.07) is 0. The topological polar surface area (TPSA) is 61.4 Å². The predicted octanol–water partition coefficient (Wildman–Crippen LogP) is 0.0988. The third kappa shape index (κ3) is 2.71. The van der Waals surface area contributed by atoms with Crippen LogP contribution in [0.25, 0.3) is 0 Å². The largest absolute Gasteiger partial charge is 0.481 e. The Kier molecular flexibility index (Phi) is 2.64. The second-order valence-corrected chi connectivity index (χ2v) is 2.79. The van der Waals surface area contributed by atoms with Crippen molar-refractivity contribution in [3.63, 3.8) is 0 Å². The second-order valence-electron chi connectivity index (χ2n) is 2.28. The van der Waals surface area contributed by atoms with Crippen LogP contribution in [0.4, 0.5) is 0 Å². The standard InChI is InChI=1S/C6H10N2O2S/c9-5(10)2-1-4-3-7-6(11)8-4/h3,6-8,11H,1-2H2,(H,9,10)/t6-/m0/s1. The van der Waals surface area contributed by atoms with E-state index in [9.17, 15) is 4.79 Å². The average Bonchev–Trinajstić information content (AvgIpc) is 2.31. The molecule has 0 saturated heterocycles. The highest BCUT2D eigenvalue weighted by Crippen LogP contribution is 2.07. The molecule has 0 unspecified atom stereocenters. The average molecular weight is 174 g/mol. The van der Waals surface area contributed by atoms with Gasteiger partial charge in [0.25, 0.3) is 0 Å². The van der Waals surface area contributed by atoms with Crippen LogP contribution in [0.5, 0.6) is 0 Å². The number of allylic oxidation sites excluding steroid dienone is 1. The molecule has 0 amide bonds. The first-order valence-corrected chi connectivity index (χ1v) is 3.81. The van der Waals surface area contributed by atoms with Gasteiger partial charge in [-0.15, -0.1) is 12.6 Å². The maximum Gasteiger partial charge on any atom is 0.303 e. The lowest BCUT2D eigenvalue weighted by molar-refractivity contribution is -0.136. The molecule has 11 heavy (non-hydrogen) atoms. The van der Waals surface area contributed by atoms with Crippen molar-refractivity contribution < 1.29 is 9.90 Å². The lowest BCUT2D eigenvalue weighted by Gasteiger charge is -2.05. The van der Waals surface area contributed by atoms with Crippen molar-refractivity contribution in [3.8, 4) is 0 Å². The minimum Gasteiger partial charge on any atom is -0.481 e. The zero-order valence-corrected chi connectivity index (χ0v) is 6.77. The molecule has 1 aliphatic rings. The first-order chi connectivity index (χ1) is 5.18. The van der Waals surface area contributed by atoms with Gasteiger partial charge in [0.2, 0.25) is 0 Å². The van der Waals surface area contributed by atoms with E-state index < -0.39 is 5.97 Å². The second kappa shape index (κ2) is 3.52. The Labute approximate surface area is 70.1 Å². The summed E-state index contributed by atoms with van der Waals surface area (Å²) in [5.74, 6) is -0.782. The van der Waals surface area contributed by atoms with E-state index in [-0.39, 0.29) is 11.9 Å². The van der Waals surface area contributed by atoms with Crippen LogP contribution in [0, 0.1) is 0 Å². The van der Waals surface area contributed by atoms with Crippen LogP contribution in [0.3, 0.4) is 0 Å². The first-order valence-electron chi connectivity index (χ1n) is 3.30. The normalized spacial score (nSPS) is 21.9. The van der Waals surface area contributed by atoms with Crippen molar-refractivity contribution in [1.29, 1.82) is 0 Å². The maximum absolute atomic E-state index is 10.1. The fourth-order valence-electron chi connectivity index (χ4n) is 0.824. The van der Waals surface area contributed by atoms with Crippen LogP contribution in [-0.2, 0) is 4.79 Å². The molecule has 1 atom stereocenters. The Balaban J connectivity index is 2.23. The molecular weight excluding hydrogens is 164 g/mol. The van der Waals surface area contributed by atoms with E-state index in [1.54, 1.807) is 6.20 Å². The van der Waals surface area contributed by atoms with Crippen molar-refractivity contribution in [2.24, 2.45) is 0 Å². The number of aliphatic carboxylic acids is 1. The number of hydrogen-bond acceptors (Lipinski definition) is 4. The summed E-state index contributed by atoms with van der Waals surface area (Å²) >= 11 is 4.07. The lowest BCUT2D eigenvalue weighted by Crippen LogP contribution is -2.25. The predicted molar refractivity (Wildman–Crippen MR) is 44.0 cm³/mol. The van der Waals surface area contributed by atoms with Crippen LogP contribution >= 0.6 is 12.6 Å². The van der Waals surface area contributed by atoms with E-state index in [0.717, 1.165) is 5.70 Å². The zero-order chi connectivity index (χ0) is 8.27. The molecule has 5 heteroatoms. The minimum absolute atomic E-state index is 0.0706. The third-order valence-electron chi connectivity index (χ3n) is 1.35. The molecule has 0 aromatic rings. The van der Waals surface area contributed by atoms with Gasteiger partial charge in [-0.3, -0.25) is 4.79 Å². The molecule has 0 saturated carbocycles. The summed E-state index contributed by atoms with van der Waals surface area (Å²) in [6.45, 7) is 0. The van der Waals surface area contributed by atoms with Gasteiger partial charge in [0.05, 0.1) is 6.42 Å². The molecule has 0 bridgehead atoms. The van der Waals surface area contributed by atoms with Crippen LogP contribution < -0.4 is 10.6 Å². The molecule has 0 radical (unpaired) electrons. The molecule has 3 N–H and O–H groups in total. The Hall–Kier alpha value is -0.840. The highest BCUT2D eigenvalue weighted by atomic mass is 32.1. The van der Waals surface area contributed by atoms with Crippen molar-refractivity contribution in [3.05, 3.63) is 11.9 Å². The molecule has 4 nitrogen and oxygen atoms in total. The van der Waals surface area contributed by atoms with Crippen LogP contribution in [-0.4, -0.2) is 16.6 Å². The quantitative estimate of drug-likeness (QED) is 0.458. The Morgan fingerprint density at radius 3 is 3.00 bits per heavy atom. The van der Waals surface area contributed by atoms with Crippen molar-refractivity contribution in [1.82, 2.24) is 10.6 Å². The number of rotatable bonds is 3. The molecule has 0 spiro atoms. The van der Waals surface area contributed by atoms with E-state index in [2.05, 4.69) is 23.3 Å². The van der Waals surface area contributed by atoms with E-state index >= 15 is 0 Å². The number of nitrogens with one attached hydrogen (secondary N) is 2. The molecule has 0 fully saturated rings. The number of hydrogen-bond donors (Lipinski definition) is 4. The monoisotopic (exact) mass is 174 g/mol. The first kappa shape index (κ1) is 8.26. The fourth-order valence-corrected chi connectivity index (χ4v) is 1.06. The molecule has 62 valence electrons. The summed E-state index contributed by atoms with van der Waals surface area (Å²) in [7, 11) is 0. The van der Waals surface area contributed by atoms with Crippen LogP contribution in [0.1, 0.15) is 12.8 Å². The zero-order valence-electron chi connectivity index (χ0n) is 5.87.